The van der Waals surface area contributed by atoms with E-state index < -0.39 is 0 Å². The highest BCUT2D eigenvalue weighted by Crippen LogP contribution is 2.18. The van der Waals surface area contributed by atoms with Gasteiger partial charge in [0.1, 0.15) is 5.82 Å². The van der Waals surface area contributed by atoms with E-state index >= 15 is 0 Å². The van der Waals surface area contributed by atoms with Crippen LogP contribution in [0.4, 0.5) is 4.39 Å². The van der Waals surface area contributed by atoms with E-state index in [0.717, 1.165) is 25.2 Å². The highest BCUT2D eigenvalue weighted by atomic mass is 35.5. The first kappa shape index (κ1) is 15.4. The van der Waals surface area contributed by atoms with E-state index in [-0.39, 0.29) is 5.82 Å². The minimum Gasteiger partial charge on any atom is -0.383 e. The van der Waals surface area contributed by atoms with Crippen molar-refractivity contribution in [1.29, 1.82) is 0 Å². The maximum Gasteiger partial charge on any atom is 0.123 e. The highest BCUT2D eigenvalue weighted by molar-refractivity contribution is 6.31. The number of ether oxygens (including phenoxy) is 1. The van der Waals surface area contributed by atoms with Crippen LogP contribution in [0, 0.1) is 5.82 Å². The fourth-order valence-corrected chi connectivity index (χ4v) is 1.78. The van der Waals surface area contributed by atoms with Crippen LogP contribution in [0.5, 0.6) is 0 Å². The monoisotopic (exact) mass is 274 g/mol. The average Bonchev–Trinajstić information content (AvgIpc) is 2.33. The summed E-state index contributed by atoms with van der Waals surface area (Å²) in [5.41, 5.74) is 0.816. The number of hydrogen-bond donors (Lipinski definition) is 1. The van der Waals surface area contributed by atoms with Crippen LogP contribution in [0.25, 0.3) is 0 Å². The van der Waals surface area contributed by atoms with Crippen molar-refractivity contribution in [3.8, 4) is 0 Å². The molecule has 1 aromatic carbocycles. The summed E-state index contributed by atoms with van der Waals surface area (Å²) in [6, 6.07) is 4.45. The van der Waals surface area contributed by atoms with Crippen molar-refractivity contribution in [2.45, 2.75) is 6.54 Å². The van der Waals surface area contributed by atoms with E-state index in [0.29, 0.717) is 18.2 Å². The van der Waals surface area contributed by atoms with Gasteiger partial charge in [0.05, 0.1) is 6.61 Å². The van der Waals surface area contributed by atoms with Crippen LogP contribution in [0.1, 0.15) is 5.56 Å². The lowest BCUT2D eigenvalue weighted by Gasteiger charge is -2.17. The van der Waals surface area contributed by atoms with Crippen molar-refractivity contribution in [2.75, 3.05) is 40.4 Å². The number of nitrogens with one attached hydrogen (secondary N) is 1. The van der Waals surface area contributed by atoms with Gasteiger partial charge in [-0.15, -0.1) is 0 Å². The molecule has 0 amide bonds. The number of halogens is 2. The lowest BCUT2D eigenvalue weighted by molar-refractivity contribution is 0.197. The van der Waals surface area contributed by atoms with Crippen molar-refractivity contribution in [1.82, 2.24) is 10.2 Å². The fraction of sp³-hybridized carbons (Fsp3) is 0.538. The molecule has 1 aromatic rings. The number of rotatable bonds is 8. The van der Waals surface area contributed by atoms with Crippen LogP contribution in [0.3, 0.4) is 0 Å². The van der Waals surface area contributed by atoms with Gasteiger partial charge >= 0.3 is 0 Å². The van der Waals surface area contributed by atoms with Crippen LogP contribution in [-0.4, -0.2) is 45.3 Å². The Balaban J connectivity index is 2.30. The van der Waals surface area contributed by atoms with Crippen molar-refractivity contribution >= 4 is 11.6 Å². The van der Waals surface area contributed by atoms with Crippen molar-refractivity contribution in [2.24, 2.45) is 0 Å². The lowest BCUT2D eigenvalue weighted by atomic mass is 10.2. The lowest BCUT2D eigenvalue weighted by Crippen LogP contribution is -2.30. The van der Waals surface area contributed by atoms with Gasteiger partial charge in [-0.3, -0.25) is 0 Å². The molecule has 0 fully saturated rings. The van der Waals surface area contributed by atoms with Crippen LogP contribution >= 0.6 is 11.6 Å². The van der Waals surface area contributed by atoms with Crippen LogP contribution < -0.4 is 5.32 Å². The van der Waals surface area contributed by atoms with Gasteiger partial charge in [-0.2, -0.15) is 0 Å². The van der Waals surface area contributed by atoms with Gasteiger partial charge in [-0.25, -0.2) is 4.39 Å². The third-order valence-corrected chi connectivity index (χ3v) is 2.97. The molecule has 0 aliphatic carbocycles. The molecule has 0 unspecified atom stereocenters. The average molecular weight is 275 g/mol. The molecule has 0 aliphatic heterocycles. The molecule has 102 valence electrons. The Labute approximate surface area is 113 Å². The maximum atomic E-state index is 13.1. The van der Waals surface area contributed by atoms with Gasteiger partial charge in [0.25, 0.3) is 0 Å². The molecule has 0 atom stereocenters. The topological polar surface area (TPSA) is 24.5 Å². The summed E-state index contributed by atoms with van der Waals surface area (Å²) in [6.45, 7) is 3.93. The van der Waals surface area contributed by atoms with E-state index in [1.54, 1.807) is 13.2 Å². The maximum absolute atomic E-state index is 13.1. The minimum absolute atomic E-state index is 0.249. The summed E-state index contributed by atoms with van der Waals surface area (Å²) in [6.07, 6.45) is 0. The first-order chi connectivity index (χ1) is 8.63. The number of likely N-dealkylation sites (N-methyl/N-ethyl adjacent to an activating group) is 1. The second kappa shape index (κ2) is 8.43. The molecule has 0 aliphatic rings. The van der Waals surface area contributed by atoms with E-state index in [2.05, 4.69) is 10.2 Å². The third-order valence-electron chi connectivity index (χ3n) is 2.60. The number of methoxy groups -OCH3 is 1. The molecule has 0 spiro atoms. The van der Waals surface area contributed by atoms with E-state index in [1.165, 1.54) is 12.1 Å². The first-order valence-electron chi connectivity index (χ1n) is 5.95. The van der Waals surface area contributed by atoms with Gasteiger partial charge in [0.15, 0.2) is 0 Å². The second-order valence-electron chi connectivity index (χ2n) is 4.22. The van der Waals surface area contributed by atoms with Gasteiger partial charge in [0.2, 0.25) is 0 Å². The number of hydrogen-bond acceptors (Lipinski definition) is 3. The molecule has 1 rings (SSSR count). The van der Waals surface area contributed by atoms with E-state index in [9.17, 15) is 4.39 Å². The molecule has 0 saturated heterocycles. The zero-order valence-corrected chi connectivity index (χ0v) is 11.6. The summed E-state index contributed by atoms with van der Waals surface area (Å²) in [4.78, 5) is 2.10. The van der Waals surface area contributed by atoms with E-state index in [4.69, 9.17) is 16.3 Å². The molecule has 1 N–H and O–H groups in total. The number of nitrogens with zero attached hydrogens (tertiary/aromatic N) is 1. The van der Waals surface area contributed by atoms with Crippen molar-refractivity contribution in [3.05, 3.63) is 34.6 Å². The summed E-state index contributed by atoms with van der Waals surface area (Å²) in [7, 11) is 3.67. The van der Waals surface area contributed by atoms with Gasteiger partial charge in [0, 0.05) is 38.3 Å². The molecule has 5 heteroatoms. The highest BCUT2D eigenvalue weighted by Gasteiger charge is 2.05. The largest absolute Gasteiger partial charge is 0.383 e. The Morgan fingerprint density at radius 3 is 2.89 bits per heavy atom. The molecule has 0 saturated carbocycles. The first-order valence-corrected chi connectivity index (χ1v) is 6.33. The standard InChI is InChI=1S/C13H20ClFN2O/c1-17(7-5-16-6-8-18-2)10-11-9-12(15)3-4-13(11)14/h3-4,9,16H,5-8,10H2,1-2H3. The predicted octanol–water partition coefficient (Wildman–Crippen LogP) is 2.15. The Bertz CT molecular complexity index is 363. The van der Waals surface area contributed by atoms with Crippen molar-refractivity contribution in [3.63, 3.8) is 0 Å². The third kappa shape index (κ3) is 5.78. The molecule has 0 bridgehead atoms. The normalized spacial score (nSPS) is 11.2. The summed E-state index contributed by atoms with van der Waals surface area (Å²) >= 11 is 6.02. The van der Waals surface area contributed by atoms with Gasteiger partial charge in [-0.05, 0) is 30.8 Å². The van der Waals surface area contributed by atoms with Crippen molar-refractivity contribution < 1.29 is 9.13 Å². The Morgan fingerprint density at radius 1 is 1.39 bits per heavy atom. The zero-order valence-electron chi connectivity index (χ0n) is 10.9. The minimum atomic E-state index is -0.249. The summed E-state index contributed by atoms with van der Waals surface area (Å²) in [5.74, 6) is -0.249. The van der Waals surface area contributed by atoms with Crippen LogP contribution in [0.15, 0.2) is 18.2 Å². The fourth-order valence-electron chi connectivity index (χ4n) is 1.60. The quantitative estimate of drug-likeness (QED) is 0.735. The van der Waals surface area contributed by atoms with E-state index in [1.807, 2.05) is 7.05 Å². The Kier molecular flexibility index (Phi) is 7.20. The second-order valence-corrected chi connectivity index (χ2v) is 4.62. The zero-order chi connectivity index (χ0) is 13.4. The van der Waals surface area contributed by atoms with Gasteiger partial charge in [-0.1, -0.05) is 11.6 Å². The molecule has 0 aromatic heterocycles. The number of benzene rings is 1. The van der Waals surface area contributed by atoms with Gasteiger partial charge < -0.3 is 15.0 Å². The summed E-state index contributed by atoms with van der Waals surface area (Å²) < 4.78 is 18.0. The smallest absolute Gasteiger partial charge is 0.123 e. The molecular weight excluding hydrogens is 255 g/mol. The molecule has 3 nitrogen and oxygen atoms in total. The van der Waals surface area contributed by atoms with Crippen LogP contribution in [-0.2, 0) is 11.3 Å². The predicted molar refractivity (Wildman–Crippen MR) is 72.5 cm³/mol. The SMILES string of the molecule is COCCNCCN(C)Cc1cc(F)ccc1Cl. The summed E-state index contributed by atoms with van der Waals surface area (Å²) in [5, 5.41) is 3.86. The Hall–Kier alpha value is -0.680. The molecule has 0 heterocycles. The Morgan fingerprint density at radius 2 is 2.17 bits per heavy atom. The van der Waals surface area contributed by atoms with Crippen LogP contribution in [0.2, 0.25) is 5.02 Å². The molecular formula is C13H20ClFN2O. The molecule has 0 radical (unpaired) electrons. The molecule has 18 heavy (non-hydrogen) atoms.